The number of anilines is 1. The van der Waals surface area contributed by atoms with Crippen LogP contribution < -0.4 is 10.6 Å². The average molecular weight is 191 g/mol. The lowest BCUT2D eigenvalue weighted by Crippen LogP contribution is -2.62. The normalized spacial score (nSPS) is 18.8. The Hall–Kier alpha value is -1.09. The molecule has 3 heteroatoms. The minimum atomic E-state index is 0.188. The summed E-state index contributed by atoms with van der Waals surface area (Å²) in [5.74, 6) is 1.01. The fourth-order valence-corrected chi connectivity index (χ4v) is 1.72. The molecule has 3 nitrogen and oxygen atoms in total. The van der Waals surface area contributed by atoms with Gasteiger partial charge in [0.1, 0.15) is 5.82 Å². The van der Waals surface area contributed by atoms with Crippen molar-refractivity contribution in [1.29, 1.82) is 0 Å². The summed E-state index contributed by atoms with van der Waals surface area (Å²) in [7, 11) is 0. The van der Waals surface area contributed by atoms with E-state index in [1.807, 2.05) is 6.20 Å². The molecule has 1 saturated heterocycles. The van der Waals surface area contributed by atoms with Crippen molar-refractivity contribution in [3.8, 4) is 0 Å². The largest absolute Gasteiger partial charge is 0.362 e. The molecule has 0 aliphatic carbocycles. The number of aromatic nitrogens is 1. The van der Waals surface area contributed by atoms with E-state index in [-0.39, 0.29) is 5.54 Å². The first-order valence-electron chi connectivity index (χ1n) is 5.01. The maximum Gasteiger partial charge on any atom is 0.129 e. The molecule has 14 heavy (non-hydrogen) atoms. The fraction of sp³-hybridized carbons (Fsp3) is 0.545. The molecule has 0 unspecified atom stereocenters. The minimum absolute atomic E-state index is 0.188. The van der Waals surface area contributed by atoms with Crippen LogP contribution in [0.25, 0.3) is 0 Å². The third-order valence-corrected chi connectivity index (χ3v) is 2.67. The van der Waals surface area contributed by atoms with E-state index in [0.717, 1.165) is 18.9 Å². The van der Waals surface area contributed by atoms with Gasteiger partial charge in [-0.2, -0.15) is 0 Å². The van der Waals surface area contributed by atoms with Crippen molar-refractivity contribution < 1.29 is 0 Å². The van der Waals surface area contributed by atoms with E-state index in [1.165, 1.54) is 11.1 Å². The summed E-state index contributed by atoms with van der Waals surface area (Å²) in [4.78, 5) is 4.41. The zero-order valence-electron chi connectivity index (χ0n) is 9.02. The lowest BCUT2D eigenvalue weighted by molar-refractivity contribution is 0.337. The van der Waals surface area contributed by atoms with Gasteiger partial charge in [0.15, 0.2) is 0 Å². The number of hydrogen-bond donors (Lipinski definition) is 2. The van der Waals surface area contributed by atoms with Crippen molar-refractivity contribution in [2.45, 2.75) is 26.3 Å². The van der Waals surface area contributed by atoms with Crippen molar-refractivity contribution in [2.24, 2.45) is 0 Å². The Labute approximate surface area is 84.9 Å². The molecule has 0 bridgehead atoms. The topological polar surface area (TPSA) is 37.0 Å². The second kappa shape index (κ2) is 3.24. The number of hydrogen-bond acceptors (Lipinski definition) is 3. The van der Waals surface area contributed by atoms with E-state index in [1.54, 1.807) is 0 Å². The van der Waals surface area contributed by atoms with E-state index in [9.17, 15) is 0 Å². The van der Waals surface area contributed by atoms with E-state index < -0.39 is 0 Å². The number of aryl methyl sites for hydroxylation is 2. The van der Waals surface area contributed by atoms with E-state index in [0.29, 0.717) is 0 Å². The molecule has 0 aromatic carbocycles. The highest BCUT2D eigenvalue weighted by Crippen LogP contribution is 2.20. The molecule has 2 heterocycles. The molecule has 0 saturated carbocycles. The molecule has 1 aromatic rings. The van der Waals surface area contributed by atoms with Crippen molar-refractivity contribution in [1.82, 2.24) is 10.3 Å². The number of rotatable bonds is 2. The van der Waals surface area contributed by atoms with E-state index in [2.05, 4.69) is 42.5 Å². The molecular weight excluding hydrogens is 174 g/mol. The molecule has 0 atom stereocenters. The molecule has 1 aliphatic heterocycles. The maximum atomic E-state index is 4.41. The highest BCUT2D eigenvalue weighted by molar-refractivity contribution is 5.47. The molecule has 1 fully saturated rings. The molecule has 0 radical (unpaired) electrons. The Morgan fingerprint density at radius 2 is 2.14 bits per heavy atom. The van der Waals surface area contributed by atoms with Gasteiger partial charge in [0.2, 0.25) is 0 Å². The summed E-state index contributed by atoms with van der Waals surface area (Å²) in [6.07, 6.45) is 1.91. The maximum absolute atomic E-state index is 4.41. The van der Waals surface area contributed by atoms with Crippen molar-refractivity contribution in [2.75, 3.05) is 18.4 Å². The Kier molecular flexibility index (Phi) is 2.19. The second-order valence-electron chi connectivity index (χ2n) is 4.47. The Balaban J connectivity index is 2.16. The van der Waals surface area contributed by atoms with Crippen LogP contribution in [-0.2, 0) is 0 Å². The van der Waals surface area contributed by atoms with Crippen LogP contribution in [0, 0.1) is 13.8 Å². The summed E-state index contributed by atoms with van der Waals surface area (Å²) < 4.78 is 0. The van der Waals surface area contributed by atoms with Crippen LogP contribution in [0.2, 0.25) is 0 Å². The van der Waals surface area contributed by atoms with Gasteiger partial charge in [-0.1, -0.05) is 6.07 Å². The number of pyridine rings is 1. The van der Waals surface area contributed by atoms with Gasteiger partial charge < -0.3 is 10.6 Å². The lowest BCUT2D eigenvalue weighted by Gasteiger charge is -2.40. The second-order valence-corrected chi connectivity index (χ2v) is 4.47. The quantitative estimate of drug-likeness (QED) is 0.743. The van der Waals surface area contributed by atoms with Crippen molar-refractivity contribution in [3.05, 3.63) is 23.4 Å². The summed E-state index contributed by atoms with van der Waals surface area (Å²) in [6.45, 7) is 8.41. The number of nitrogens with zero attached hydrogens (tertiary/aromatic N) is 1. The smallest absolute Gasteiger partial charge is 0.129 e. The van der Waals surface area contributed by atoms with Crippen molar-refractivity contribution >= 4 is 5.82 Å². The third kappa shape index (κ3) is 1.73. The summed E-state index contributed by atoms with van der Waals surface area (Å²) in [5.41, 5.74) is 2.62. The molecular formula is C11H17N3. The highest BCUT2D eigenvalue weighted by atomic mass is 15.2. The van der Waals surface area contributed by atoms with Gasteiger partial charge in [-0.05, 0) is 31.9 Å². The van der Waals surface area contributed by atoms with Gasteiger partial charge in [-0.25, -0.2) is 4.98 Å². The fourth-order valence-electron chi connectivity index (χ4n) is 1.72. The van der Waals surface area contributed by atoms with Crippen LogP contribution in [0.4, 0.5) is 5.82 Å². The average Bonchev–Trinajstić information content (AvgIpc) is 2.07. The van der Waals surface area contributed by atoms with Gasteiger partial charge in [0.25, 0.3) is 0 Å². The Bertz CT molecular complexity index is 342. The number of nitrogens with one attached hydrogen (secondary N) is 2. The zero-order chi connectivity index (χ0) is 10.2. The minimum Gasteiger partial charge on any atom is -0.362 e. The standard InChI is InChI=1S/C11H17N3/c1-8-4-9(2)10(13-5-8)14-11(3)6-12-7-11/h4-5,12H,6-7H2,1-3H3,(H,13,14). The van der Waals surface area contributed by atoms with E-state index >= 15 is 0 Å². The third-order valence-electron chi connectivity index (χ3n) is 2.67. The van der Waals surface area contributed by atoms with Crippen LogP contribution >= 0.6 is 0 Å². The first kappa shape index (κ1) is 9.46. The Morgan fingerprint density at radius 3 is 2.64 bits per heavy atom. The molecule has 2 N–H and O–H groups in total. The van der Waals surface area contributed by atoms with Crippen LogP contribution in [0.5, 0.6) is 0 Å². The predicted molar refractivity (Wildman–Crippen MR) is 58.6 cm³/mol. The molecule has 0 amide bonds. The van der Waals surface area contributed by atoms with Crippen molar-refractivity contribution in [3.63, 3.8) is 0 Å². The van der Waals surface area contributed by atoms with Gasteiger partial charge in [-0.15, -0.1) is 0 Å². The molecule has 1 aliphatic rings. The van der Waals surface area contributed by atoms with Gasteiger partial charge in [-0.3, -0.25) is 0 Å². The van der Waals surface area contributed by atoms with Crippen LogP contribution in [-0.4, -0.2) is 23.6 Å². The SMILES string of the molecule is Cc1cnc(NC2(C)CNC2)c(C)c1. The van der Waals surface area contributed by atoms with Crippen LogP contribution in [0.1, 0.15) is 18.1 Å². The molecule has 1 aromatic heterocycles. The monoisotopic (exact) mass is 191 g/mol. The zero-order valence-corrected chi connectivity index (χ0v) is 9.02. The highest BCUT2D eigenvalue weighted by Gasteiger charge is 2.31. The first-order chi connectivity index (χ1) is 6.59. The Morgan fingerprint density at radius 1 is 1.43 bits per heavy atom. The molecule has 76 valence electrons. The molecule has 0 spiro atoms. The van der Waals surface area contributed by atoms with Gasteiger partial charge in [0, 0.05) is 19.3 Å². The van der Waals surface area contributed by atoms with E-state index in [4.69, 9.17) is 0 Å². The predicted octanol–water partition coefficient (Wildman–Crippen LogP) is 1.47. The van der Waals surface area contributed by atoms with Crippen LogP contribution in [0.3, 0.4) is 0 Å². The summed E-state index contributed by atoms with van der Waals surface area (Å²) in [6, 6.07) is 2.16. The summed E-state index contributed by atoms with van der Waals surface area (Å²) >= 11 is 0. The lowest BCUT2D eigenvalue weighted by atomic mass is 9.95. The first-order valence-corrected chi connectivity index (χ1v) is 5.01. The van der Waals surface area contributed by atoms with Crippen LogP contribution in [0.15, 0.2) is 12.3 Å². The summed E-state index contributed by atoms with van der Waals surface area (Å²) in [5, 5.41) is 6.74. The van der Waals surface area contributed by atoms with Gasteiger partial charge >= 0.3 is 0 Å². The van der Waals surface area contributed by atoms with Gasteiger partial charge in [0.05, 0.1) is 5.54 Å². The molecule has 2 rings (SSSR count).